The van der Waals surface area contributed by atoms with Crippen LogP contribution in [-0.4, -0.2) is 37.6 Å². The third kappa shape index (κ3) is 3.69. The van der Waals surface area contributed by atoms with Gasteiger partial charge in [0, 0.05) is 12.6 Å². The Morgan fingerprint density at radius 1 is 1.24 bits per heavy atom. The van der Waals surface area contributed by atoms with E-state index < -0.39 is 0 Å². The van der Waals surface area contributed by atoms with E-state index >= 15 is 0 Å². The molecule has 1 saturated heterocycles. The molecule has 2 aliphatic rings. The zero-order valence-corrected chi connectivity index (χ0v) is 12.0. The Kier molecular flexibility index (Phi) is 4.48. The first-order valence-corrected chi connectivity index (χ1v) is 7.49. The Balaban J connectivity index is 1.88. The predicted octanol–water partition coefficient (Wildman–Crippen LogP) is 2.89. The van der Waals surface area contributed by atoms with Crippen molar-refractivity contribution in [3.8, 4) is 0 Å². The summed E-state index contributed by atoms with van der Waals surface area (Å²) in [7, 11) is 2.09. The molecule has 2 unspecified atom stereocenters. The summed E-state index contributed by atoms with van der Waals surface area (Å²) in [6, 6.07) is 0.874. The normalized spacial score (nSPS) is 34.8. The van der Waals surface area contributed by atoms with Crippen LogP contribution in [-0.2, 0) is 0 Å². The first-order valence-electron chi connectivity index (χ1n) is 7.49. The fourth-order valence-corrected chi connectivity index (χ4v) is 3.85. The van der Waals surface area contributed by atoms with E-state index in [-0.39, 0.29) is 0 Å². The molecule has 2 fully saturated rings. The van der Waals surface area contributed by atoms with Crippen molar-refractivity contribution >= 4 is 0 Å². The van der Waals surface area contributed by atoms with Gasteiger partial charge in [-0.25, -0.2) is 0 Å². The van der Waals surface area contributed by atoms with Crippen LogP contribution in [0.25, 0.3) is 0 Å². The molecular weight excluding hydrogens is 208 g/mol. The van der Waals surface area contributed by atoms with Crippen LogP contribution in [0.1, 0.15) is 52.4 Å². The molecule has 1 saturated carbocycles. The van der Waals surface area contributed by atoms with E-state index in [1.807, 2.05) is 0 Å². The van der Waals surface area contributed by atoms with Gasteiger partial charge in [-0.05, 0) is 63.6 Å². The van der Waals surface area contributed by atoms with Crippen LogP contribution in [0.3, 0.4) is 0 Å². The summed E-state index contributed by atoms with van der Waals surface area (Å²) < 4.78 is 0. The molecule has 0 bridgehead atoms. The first kappa shape index (κ1) is 13.4. The molecule has 1 heterocycles. The minimum Gasteiger partial charge on any atom is -0.319 e. The monoisotopic (exact) mass is 238 g/mol. The minimum atomic E-state index is 0.582. The van der Waals surface area contributed by atoms with Crippen LogP contribution in [0.2, 0.25) is 0 Å². The second-order valence-corrected chi connectivity index (χ2v) is 6.98. The van der Waals surface area contributed by atoms with Gasteiger partial charge in [0.25, 0.3) is 0 Å². The second kappa shape index (κ2) is 5.71. The van der Waals surface area contributed by atoms with E-state index in [9.17, 15) is 0 Å². The highest BCUT2D eigenvalue weighted by atomic mass is 15.2. The lowest BCUT2D eigenvalue weighted by molar-refractivity contribution is 0.0597. The Morgan fingerprint density at radius 2 is 2.06 bits per heavy atom. The third-order valence-electron chi connectivity index (χ3n) is 4.74. The first-order chi connectivity index (χ1) is 8.11. The van der Waals surface area contributed by atoms with Crippen molar-refractivity contribution in [3.05, 3.63) is 0 Å². The standard InChI is InChI=1S/C15H30N2/c1-15(2)8-4-7-14(10-15)17-9-5-6-13(12-17)11-16-3/h13-14,16H,4-12H2,1-3H3. The molecule has 0 aromatic carbocycles. The highest BCUT2D eigenvalue weighted by molar-refractivity contribution is 4.87. The Hall–Kier alpha value is -0.0800. The van der Waals surface area contributed by atoms with Crippen molar-refractivity contribution < 1.29 is 0 Å². The van der Waals surface area contributed by atoms with E-state index in [2.05, 4.69) is 31.1 Å². The minimum absolute atomic E-state index is 0.582. The van der Waals surface area contributed by atoms with Gasteiger partial charge in [0.05, 0.1) is 0 Å². The zero-order valence-electron chi connectivity index (χ0n) is 12.0. The van der Waals surface area contributed by atoms with E-state index in [0.29, 0.717) is 5.41 Å². The summed E-state index contributed by atoms with van der Waals surface area (Å²) in [6.07, 6.45) is 8.55. The van der Waals surface area contributed by atoms with Crippen LogP contribution in [0, 0.1) is 11.3 Å². The molecule has 2 heteroatoms. The van der Waals surface area contributed by atoms with E-state index in [0.717, 1.165) is 12.0 Å². The van der Waals surface area contributed by atoms with Crippen LogP contribution >= 0.6 is 0 Å². The predicted molar refractivity (Wildman–Crippen MR) is 74.3 cm³/mol. The number of rotatable bonds is 3. The molecule has 2 atom stereocenters. The number of piperidine rings is 1. The van der Waals surface area contributed by atoms with Gasteiger partial charge in [0.1, 0.15) is 0 Å². The van der Waals surface area contributed by atoms with Crippen molar-refractivity contribution in [2.24, 2.45) is 11.3 Å². The highest BCUT2D eigenvalue weighted by Gasteiger charge is 2.33. The van der Waals surface area contributed by atoms with Gasteiger partial charge in [-0.3, -0.25) is 0 Å². The summed E-state index contributed by atoms with van der Waals surface area (Å²) in [5.41, 5.74) is 0.582. The number of nitrogens with zero attached hydrogens (tertiary/aromatic N) is 1. The molecule has 0 aromatic rings. The molecule has 0 spiro atoms. The van der Waals surface area contributed by atoms with Crippen molar-refractivity contribution in [3.63, 3.8) is 0 Å². The topological polar surface area (TPSA) is 15.3 Å². The van der Waals surface area contributed by atoms with Gasteiger partial charge >= 0.3 is 0 Å². The average molecular weight is 238 g/mol. The van der Waals surface area contributed by atoms with Crippen LogP contribution in [0.5, 0.6) is 0 Å². The van der Waals surface area contributed by atoms with Gasteiger partial charge in [0.2, 0.25) is 0 Å². The van der Waals surface area contributed by atoms with Gasteiger partial charge in [-0.1, -0.05) is 20.3 Å². The highest BCUT2D eigenvalue weighted by Crippen LogP contribution is 2.38. The molecule has 0 amide bonds. The summed E-state index contributed by atoms with van der Waals surface area (Å²) >= 11 is 0. The third-order valence-corrected chi connectivity index (χ3v) is 4.74. The quantitative estimate of drug-likeness (QED) is 0.813. The number of nitrogens with one attached hydrogen (secondary N) is 1. The fourth-order valence-electron chi connectivity index (χ4n) is 3.85. The number of likely N-dealkylation sites (tertiary alicyclic amines) is 1. The smallest absolute Gasteiger partial charge is 0.0100 e. The molecular formula is C15H30N2. The zero-order chi connectivity index (χ0) is 12.3. The van der Waals surface area contributed by atoms with Crippen molar-refractivity contribution in [2.45, 2.75) is 58.4 Å². The molecule has 1 aliphatic heterocycles. The molecule has 1 aliphatic carbocycles. The molecule has 17 heavy (non-hydrogen) atoms. The van der Waals surface area contributed by atoms with E-state index in [1.165, 1.54) is 58.2 Å². The van der Waals surface area contributed by atoms with Crippen molar-refractivity contribution in [1.82, 2.24) is 10.2 Å². The van der Waals surface area contributed by atoms with Gasteiger partial charge in [0.15, 0.2) is 0 Å². The Morgan fingerprint density at radius 3 is 2.76 bits per heavy atom. The summed E-state index contributed by atoms with van der Waals surface area (Å²) in [4.78, 5) is 2.80. The summed E-state index contributed by atoms with van der Waals surface area (Å²) in [5, 5.41) is 3.35. The lowest BCUT2D eigenvalue weighted by Crippen LogP contribution is -2.47. The molecule has 100 valence electrons. The second-order valence-electron chi connectivity index (χ2n) is 6.98. The largest absolute Gasteiger partial charge is 0.319 e. The van der Waals surface area contributed by atoms with Crippen LogP contribution in [0.4, 0.5) is 0 Å². The molecule has 2 rings (SSSR count). The maximum atomic E-state index is 3.35. The lowest BCUT2D eigenvalue weighted by atomic mass is 9.74. The Bertz CT molecular complexity index is 235. The van der Waals surface area contributed by atoms with Crippen molar-refractivity contribution in [1.29, 1.82) is 0 Å². The average Bonchev–Trinajstić information content (AvgIpc) is 2.28. The number of hydrogen-bond donors (Lipinski definition) is 1. The molecule has 0 radical (unpaired) electrons. The molecule has 0 aromatic heterocycles. The van der Waals surface area contributed by atoms with Crippen LogP contribution < -0.4 is 5.32 Å². The fraction of sp³-hybridized carbons (Fsp3) is 1.00. The van der Waals surface area contributed by atoms with Crippen LogP contribution in [0.15, 0.2) is 0 Å². The van der Waals surface area contributed by atoms with Gasteiger partial charge < -0.3 is 10.2 Å². The molecule has 1 N–H and O–H groups in total. The lowest BCUT2D eigenvalue weighted by Gasteiger charge is -2.44. The summed E-state index contributed by atoms with van der Waals surface area (Å²) in [5.74, 6) is 0.888. The van der Waals surface area contributed by atoms with E-state index in [1.54, 1.807) is 0 Å². The molecule has 2 nitrogen and oxygen atoms in total. The summed E-state index contributed by atoms with van der Waals surface area (Å²) in [6.45, 7) is 8.79. The SMILES string of the molecule is CNCC1CCCN(C2CCCC(C)(C)C2)C1. The van der Waals surface area contributed by atoms with Crippen molar-refractivity contribution in [2.75, 3.05) is 26.7 Å². The van der Waals surface area contributed by atoms with Gasteiger partial charge in [-0.15, -0.1) is 0 Å². The maximum Gasteiger partial charge on any atom is 0.0100 e. The van der Waals surface area contributed by atoms with Gasteiger partial charge in [-0.2, -0.15) is 0 Å². The number of hydrogen-bond acceptors (Lipinski definition) is 2. The maximum absolute atomic E-state index is 3.35. The van der Waals surface area contributed by atoms with E-state index in [4.69, 9.17) is 0 Å². The Labute approximate surface area is 107 Å².